The SMILES string of the molecule is Clc1nc2ccccc2c2cc3c(cc12)sc1ccccc13. The number of hydrogen-bond donors (Lipinski definition) is 0. The lowest BCUT2D eigenvalue weighted by molar-refractivity contribution is 1.45. The third-order valence-electron chi connectivity index (χ3n) is 4.15. The van der Waals surface area contributed by atoms with Crippen molar-refractivity contribution < 1.29 is 0 Å². The number of thiophene rings is 1. The van der Waals surface area contributed by atoms with E-state index in [1.807, 2.05) is 18.2 Å². The van der Waals surface area contributed by atoms with E-state index in [1.54, 1.807) is 11.3 Å². The highest BCUT2D eigenvalue weighted by molar-refractivity contribution is 7.25. The van der Waals surface area contributed by atoms with Gasteiger partial charge in [-0.25, -0.2) is 4.98 Å². The molecule has 0 amide bonds. The third-order valence-corrected chi connectivity index (χ3v) is 5.57. The maximum Gasteiger partial charge on any atom is 0.137 e. The molecule has 22 heavy (non-hydrogen) atoms. The van der Waals surface area contributed by atoms with E-state index in [2.05, 4.69) is 47.4 Å². The molecule has 3 heteroatoms. The Morgan fingerprint density at radius 3 is 2.36 bits per heavy atom. The van der Waals surface area contributed by atoms with Crippen molar-refractivity contribution in [3.63, 3.8) is 0 Å². The molecule has 1 nitrogen and oxygen atoms in total. The Balaban J connectivity index is 2.08. The zero-order chi connectivity index (χ0) is 14.7. The van der Waals surface area contributed by atoms with Crippen LogP contribution in [0, 0.1) is 0 Å². The summed E-state index contributed by atoms with van der Waals surface area (Å²) in [6.07, 6.45) is 0. The van der Waals surface area contributed by atoms with Gasteiger partial charge in [0.25, 0.3) is 0 Å². The summed E-state index contributed by atoms with van der Waals surface area (Å²) in [7, 11) is 0. The van der Waals surface area contributed by atoms with Crippen LogP contribution < -0.4 is 0 Å². The molecule has 3 aromatic carbocycles. The Bertz CT molecular complexity index is 1190. The van der Waals surface area contributed by atoms with Gasteiger partial charge in [0.2, 0.25) is 0 Å². The van der Waals surface area contributed by atoms with Gasteiger partial charge in [0.15, 0.2) is 0 Å². The smallest absolute Gasteiger partial charge is 0.137 e. The summed E-state index contributed by atoms with van der Waals surface area (Å²) >= 11 is 8.23. The topological polar surface area (TPSA) is 12.9 Å². The quantitative estimate of drug-likeness (QED) is 0.237. The fraction of sp³-hybridized carbons (Fsp3) is 0. The van der Waals surface area contributed by atoms with Gasteiger partial charge in [-0.15, -0.1) is 11.3 Å². The normalized spacial score (nSPS) is 11.9. The van der Waals surface area contributed by atoms with Gasteiger partial charge in [-0.05, 0) is 29.7 Å². The molecular formula is C19H10ClNS. The van der Waals surface area contributed by atoms with Gasteiger partial charge < -0.3 is 0 Å². The van der Waals surface area contributed by atoms with Crippen molar-refractivity contribution in [1.29, 1.82) is 0 Å². The summed E-state index contributed by atoms with van der Waals surface area (Å²) in [6, 6.07) is 21.1. The second-order valence-corrected chi connectivity index (χ2v) is 6.85. The minimum atomic E-state index is 0.577. The first-order chi connectivity index (χ1) is 10.8. The molecule has 0 bridgehead atoms. The summed E-state index contributed by atoms with van der Waals surface area (Å²) in [5, 5.41) is 6.53. The molecule has 5 aromatic rings. The molecule has 2 heterocycles. The Kier molecular flexibility index (Phi) is 2.49. The van der Waals surface area contributed by atoms with E-state index in [0.717, 1.165) is 16.3 Å². The van der Waals surface area contributed by atoms with Crippen LogP contribution >= 0.6 is 22.9 Å². The lowest BCUT2D eigenvalue weighted by atomic mass is 10.0. The first-order valence-electron chi connectivity index (χ1n) is 7.10. The van der Waals surface area contributed by atoms with Crippen molar-refractivity contribution >= 4 is 64.8 Å². The molecule has 0 aliphatic rings. The van der Waals surface area contributed by atoms with Gasteiger partial charge in [0.1, 0.15) is 5.15 Å². The Morgan fingerprint density at radius 2 is 1.45 bits per heavy atom. The van der Waals surface area contributed by atoms with Crippen molar-refractivity contribution in [2.24, 2.45) is 0 Å². The molecule has 0 unspecified atom stereocenters. The van der Waals surface area contributed by atoms with E-state index in [4.69, 9.17) is 11.6 Å². The predicted molar refractivity (Wildman–Crippen MR) is 97.1 cm³/mol. The fourth-order valence-electron chi connectivity index (χ4n) is 3.13. The molecule has 104 valence electrons. The number of nitrogens with zero attached hydrogens (tertiary/aromatic N) is 1. The summed E-state index contributed by atoms with van der Waals surface area (Å²) in [5.41, 5.74) is 0.943. The molecule has 0 N–H and O–H groups in total. The number of benzene rings is 3. The predicted octanol–water partition coefficient (Wildman–Crippen LogP) is 6.41. The van der Waals surface area contributed by atoms with E-state index in [1.165, 1.54) is 25.6 Å². The number of rotatable bonds is 0. The lowest BCUT2D eigenvalue weighted by Crippen LogP contribution is -1.84. The number of aromatic nitrogens is 1. The van der Waals surface area contributed by atoms with Gasteiger partial charge >= 0.3 is 0 Å². The van der Waals surface area contributed by atoms with Crippen LogP contribution in [0.3, 0.4) is 0 Å². The van der Waals surface area contributed by atoms with Crippen molar-refractivity contribution in [2.75, 3.05) is 0 Å². The number of pyridine rings is 1. The Hall–Kier alpha value is -2.16. The van der Waals surface area contributed by atoms with Crippen LogP contribution in [0.4, 0.5) is 0 Å². The molecule has 0 atom stereocenters. The van der Waals surface area contributed by atoms with E-state index in [0.29, 0.717) is 5.15 Å². The molecule has 5 rings (SSSR count). The highest BCUT2D eigenvalue weighted by atomic mass is 35.5. The molecule has 0 spiro atoms. The third kappa shape index (κ3) is 1.62. The lowest BCUT2D eigenvalue weighted by Gasteiger charge is -2.06. The molecule has 2 aromatic heterocycles. The molecule has 0 saturated carbocycles. The molecule has 0 aliphatic heterocycles. The number of hydrogen-bond acceptors (Lipinski definition) is 2. The monoisotopic (exact) mass is 319 g/mol. The van der Waals surface area contributed by atoms with Gasteiger partial charge in [-0.3, -0.25) is 0 Å². The molecule has 0 saturated heterocycles. The molecular weight excluding hydrogens is 310 g/mol. The van der Waals surface area contributed by atoms with Crippen LogP contribution in [-0.2, 0) is 0 Å². The van der Waals surface area contributed by atoms with E-state index >= 15 is 0 Å². The zero-order valence-corrected chi connectivity index (χ0v) is 13.1. The average Bonchev–Trinajstić information content (AvgIpc) is 2.91. The second-order valence-electron chi connectivity index (χ2n) is 5.41. The number of halogens is 1. The zero-order valence-electron chi connectivity index (χ0n) is 11.5. The first-order valence-corrected chi connectivity index (χ1v) is 8.30. The standard InChI is InChI=1S/C19H10ClNS/c20-19-15-10-18-14(12-6-2-4-8-17(12)22-18)9-13(15)11-5-1-3-7-16(11)21-19/h1-10H. The van der Waals surface area contributed by atoms with Gasteiger partial charge in [0.05, 0.1) is 5.52 Å². The van der Waals surface area contributed by atoms with Crippen molar-refractivity contribution in [1.82, 2.24) is 4.98 Å². The summed E-state index contributed by atoms with van der Waals surface area (Å²) in [6.45, 7) is 0. The van der Waals surface area contributed by atoms with Gasteiger partial charge in [-0.1, -0.05) is 48.0 Å². The first kappa shape index (κ1) is 12.4. The number of fused-ring (bicyclic) bond motifs is 6. The Morgan fingerprint density at radius 1 is 0.682 bits per heavy atom. The molecule has 0 fully saturated rings. The van der Waals surface area contributed by atoms with Crippen molar-refractivity contribution in [3.8, 4) is 0 Å². The van der Waals surface area contributed by atoms with Crippen LogP contribution in [0.25, 0.3) is 41.8 Å². The Labute approximate surface area is 135 Å². The highest BCUT2D eigenvalue weighted by Gasteiger charge is 2.11. The van der Waals surface area contributed by atoms with Crippen LogP contribution in [0.1, 0.15) is 0 Å². The van der Waals surface area contributed by atoms with Gasteiger partial charge in [0, 0.05) is 30.9 Å². The minimum Gasteiger partial charge on any atom is -0.235 e. The van der Waals surface area contributed by atoms with Crippen molar-refractivity contribution in [2.45, 2.75) is 0 Å². The average molecular weight is 320 g/mol. The largest absolute Gasteiger partial charge is 0.235 e. The number of para-hydroxylation sites is 1. The van der Waals surface area contributed by atoms with E-state index in [9.17, 15) is 0 Å². The maximum atomic E-state index is 6.43. The van der Waals surface area contributed by atoms with Gasteiger partial charge in [-0.2, -0.15) is 0 Å². The summed E-state index contributed by atoms with van der Waals surface area (Å²) in [5.74, 6) is 0. The van der Waals surface area contributed by atoms with Crippen LogP contribution in [0.2, 0.25) is 5.15 Å². The van der Waals surface area contributed by atoms with Crippen LogP contribution in [0.15, 0.2) is 60.7 Å². The van der Waals surface area contributed by atoms with Crippen LogP contribution in [-0.4, -0.2) is 4.98 Å². The van der Waals surface area contributed by atoms with Crippen LogP contribution in [0.5, 0.6) is 0 Å². The molecule has 0 aliphatic carbocycles. The maximum absolute atomic E-state index is 6.43. The summed E-state index contributed by atoms with van der Waals surface area (Å²) in [4.78, 5) is 4.53. The fourth-order valence-corrected chi connectivity index (χ4v) is 4.50. The highest BCUT2D eigenvalue weighted by Crippen LogP contribution is 2.39. The van der Waals surface area contributed by atoms with Crippen molar-refractivity contribution in [3.05, 3.63) is 65.8 Å². The molecule has 0 radical (unpaired) electrons. The van der Waals surface area contributed by atoms with E-state index < -0.39 is 0 Å². The second kappa shape index (κ2) is 4.42. The minimum absolute atomic E-state index is 0.577. The summed E-state index contributed by atoms with van der Waals surface area (Å²) < 4.78 is 2.56. The van der Waals surface area contributed by atoms with E-state index in [-0.39, 0.29) is 0 Å².